The maximum absolute atomic E-state index is 13.3. The fraction of sp³-hybridized carbons (Fsp3) is 0.385. The second kappa shape index (κ2) is 6.72. The average molecular weight is 249 g/mol. The lowest BCUT2D eigenvalue weighted by Gasteiger charge is -2.08. The second-order valence-corrected chi connectivity index (χ2v) is 4.19. The first-order valence-electron chi connectivity index (χ1n) is 5.78. The molecule has 0 radical (unpaired) electrons. The Bertz CT molecular complexity index is 466. The first-order valence-corrected chi connectivity index (χ1v) is 5.78. The van der Waals surface area contributed by atoms with E-state index in [4.69, 9.17) is 11.0 Å². The highest BCUT2D eigenvalue weighted by Crippen LogP contribution is 2.18. The monoisotopic (exact) mass is 249 g/mol. The fourth-order valence-corrected chi connectivity index (χ4v) is 1.54. The Hall–Kier alpha value is -1.93. The molecule has 0 aliphatic rings. The van der Waals surface area contributed by atoms with E-state index in [1.54, 1.807) is 6.07 Å². The normalized spacial score (nSPS) is 11.7. The van der Waals surface area contributed by atoms with Gasteiger partial charge in [-0.25, -0.2) is 4.39 Å². The van der Waals surface area contributed by atoms with E-state index < -0.39 is 5.82 Å². The number of rotatable bonds is 5. The molecule has 0 aliphatic carbocycles. The van der Waals surface area contributed by atoms with Gasteiger partial charge >= 0.3 is 0 Å². The number of nitriles is 1. The number of nitrogens with two attached hydrogens (primary N) is 1. The van der Waals surface area contributed by atoms with Crippen LogP contribution in [-0.2, 0) is 4.79 Å². The van der Waals surface area contributed by atoms with Gasteiger partial charge < -0.3 is 11.1 Å². The highest BCUT2D eigenvalue weighted by molar-refractivity contribution is 5.92. The summed E-state index contributed by atoms with van der Waals surface area (Å²) in [6.45, 7) is 1.87. The molecule has 96 valence electrons. The van der Waals surface area contributed by atoms with Gasteiger partial charge in [0.15, 0.2) is 0 Å². The summed E-state index contributed by atoms with van der Waals surface area (Å²) in [7, 11) is 0. The van der Waals surface area contributed by atoms with Gasteiger partial charge in [-0.2, -0.15) is 5.26 Å². The highest BCUT2D eigenvalue weighted by atomic mass is 19.1. The number of hydrogen-bond donors (Lipinski definition) is 2. The Balaban J connectivity index is 2.60. The molecule has 1 aromatic rings. The van der Waals surface area contributed by atoms with Gasteiger partial charge in [-0.05, 0) is 31.9 Å². The van der Waals surface area contributed by atoms with Gasteiger partial charge in [0.05, 0.1) is 5.69 Å². The molecule has 1 aromatic carbocycles. The van der Waals surface area contributed by atoms with Crippen molar-refractivity contribution in [1.29, 1.82) is 5.26 Å². The molecule has 0 fully saturated rings. The molecule has 0 aliphatic heterocycles. The molecular formula is C13H16FN3O. The topological polar surface area (TPSA) is 78.9 Å². The molecule has 0 spiro atoms. The van der Waals surface area contributed by atoms with Crippen LogP contribution < -0.4 is 11.1 Å². The van der Waals surface area contributed by atoms with Gasteiger partial charge in [0.25, 0.3) is 0 Å². The maximum atomic E-state index is 13.3. The predicted octanol–water partition coefficient (Wildman–Crippen LogP) is 2.15. The standard InChI is InChI=1S/C13H16FN3O/c1-9(16)4-2-7-13(18)17-12-6-3-5-11(14)10(12)8-15/h3,5-6,9H,2,4,7,16H2,1H3,(H,17,18). The minimum atomic E-state index is -0.633. The molecule has 1 atom stereocenters. The van der Waals surface area contributed by atoms with Gasteiger partial charge in [-0.3, -0.25) is 4.79 Å². The van der Waals surface area contributed by atoms with Gasteiger partial charge in [0.2, 0.25) is 5.91 Å². The SMILES string of the molecule is CC(N)CCCC(=O)Nc1cccc(F)c1C#N. The van der Waals surface area contributed by atoms with Gasteiger partial charge in [-0.15, -0.1) is 0 Å². The molecule has 5 heteroatoms. The third-order valence-electron chi connectivity index (χ3n) is 2.46. The number of benzene rings is 1. The van der Waals surface area contributed by atoms with E-state index >= 15 is 0 Å². The molecule has 1 unspecified atom stereocenters. The number of anilines is 1. The quantitative estimate of drug-likeness (QED) is 0.839. The van der Waals surface area contributed by atoms with E-state index in [2.05, 4.69) is 5.32 Å². The molecule has 4 nitrogen and oxygen atoms in total. The summed E-state index contributed by atoms with van der Waals surface area (Å²) in [4.78, 5) is 11.6. The van der Waals surface area contributed by atoms with Crippen molar-refractivity contribution in [3.8, 4) is 6.07 Å². The van der Waals surface area contributed by atoms with Crippen molar-refractivity contribution in [2.45, 2.75) is 32.2 Å². The van der Waals surface area contributed by atoms with Crippen LogP contribution >= 0.6 is 0 Å². The smallest absolute Gasteiger partial charge is 0.224 e. The second-order valence-electron chi connectivity index (χ2n) is 4.19. The molecule has 0 aromatic heterocycles. The molecule has 0 saturated carbocycles. The Morgan fingerprint density at radius 2 is 2.33 bits per heavy atom. The summed E-state index contributed by atoms with van der Waals surface area (Å²) in [5.74, 6) is -0.872. The highest BCUT2D eigenvalue weighted by Gasteiger charge is 2.10. The average Bonchev–Trinajstić information content (AvgIpc) is 2.28. The van der Waals surface area contributed by atoms with E-state index in [9.17, 15) is 9.18 Å². The van der Waals surface area contributed by atoms with Crippen molar-refractivity contribution in [3.63, 3.8) is 0 Å². The van der Waals surface area contributed by atoms with Crippen molar-refractivity contribution in [1.82, 2.24) is 0 Å². The van der Waals surface area contributed by atoms with Crippen molar-refractivity contribution in [2.24, 2.45) is 5.73 Å². The van der Waals surface area contributed by atoms with Gasteiger partial charge in [0, 0.05) is 12.5 Å². The van der Waals surface area contributed by atoms with Gasteiger partial charge in [-0.1, -0.05) is 6.07 Å². The molecule has 0 bridgehead atoms. The molecule has 0 saturated heterocycles. The van der Waals surface area contributed by atoms with E-state index in [0.29, 0.717) is 12.8 Å². The Labute approximate surface area is 106 Å². The summed E-state index contributed by atoms with van der Waals surface area (Å²) in [6.07, 6.45) is 1.73. The van der Waals surface area contributed by atoms with E-state index in [1.165, 1.54) is 18.2 Å². The largest absolute Gasteiger partial charge is 0.328 e. The van der Waals surface area contributed by atoms with Crippen LogP contribution in [0, 0.1) is 17.1 Å². The third kappa shape index (κ3) is 4.15. The minimum Gasteiger partial charge on any atom is -0.328 e. The predicted molar refractivity (Wildman–Crippen MR) is 67.2 cm³/mol. The van der Waals surface area contributed by atoms with E-state index in [0.717, 1.165) is 6.42 Å². The number of halogens is 1. The number of nitrogens with zero attached hydrogens (tertiary/aromatic N) is 1. The van der Waals surface area contributed by atoms with Crippen molar-refractivity contribution < 1.29 is 9.18 Å². The Morgan fingerprint density at radius 3 is 2.94 bits per heavy atom. The fourth-order valence-electron chi connectivity index (χ4n) is 1.54. The lowest BCUT2D eigenvalue weighted by atomic mass is 10.1. The van der Waals surface area contributed by atoms with Crippen LogP contribution in [0.2, 0.25) is 0 Å². The van der Waals surface area contributed by atoms with Gasteiger partial charge in [0.1, 0.15) is 17.4 Å². The molecule has 1 rings (SSSR count). The number of nitrogens with one attached hydrogen (secondary N) is 1. The summed E-state index contributed by atoms with van der Waals surface area (Å²) in [6, 6.07) is 5.93. The summed E-state index contributed by atoms with van der Waals surface area (Å²) < 4.78 is 13.3. The maximum Gasteiger partial charge on any atom is 0.224 e. The van der Waals surface area contributed by atoms with Crippen molar-refractivity contribution >= 4 is 11.6 Å². The molecular weight excluding hydrogens is 233 g/mol. The molecule has 18 heavy (non-hydrogen) atoms. The third-order valence-corrected chi connectivity index (χ3v) is 2.46. The zero-order valence-corrected chi connectivity index (χ0v) is 10.2. The van der Waals surface area contributed by atoms with Crippen LogP contribution in [0.25, 0.3) is 0 Å². The lowest BCUT2D eigenvalue weighted by Crippen LogP contribution is -2.17. The van der Waals surface area contributed by atoms with Crippen LogP contribution in [0.5, 0.6) is 0 Å². The summed E-state index contributed by atoms with van der Waals surface area (Å²) in [5, 5.41) is 11.3. The van der Waals surface area contributed by atoms with Crippen molar-refractivity contribution in [3.05, 3.63) is 29.6 Å². The van der Waals surface area contributed by atoms with Crippen LogP contribution in [0.15, 0.2) is 18.2 Å². The number of carbonyl (C=O) groups is 1. The Kier molecular flexibility index (Phi) is 5.28. The molecule has 1 amide bonds. The molecule has 3 N–H and O–H groups in total. The number of hydrogen-bond acceptors (Lipinski definition) is 3. The van der Waals surface area contributed by atoms with Crippen LogP contribution in [-0.4, -0.2) is 11.9 Å². The first kappa shape index (κ1) is 14.1. The zero-order valence-electron chi connectivity index (χ0n) is 10.2. The van der Waals surface area contributed by atoms with Crippen LogP contribution in [0.1, 0.15) is 31.7 Å². The van der Waals surface area contributed by atoms with Crippen molar-refractivity contribution in [2.75, 3.05) is 5.32 Å². The number of amides is 1. The summed E-state index contributed by atoms with van der Waals surface area (Å²) >= 11 is 0. The molecule has 0 heterocycles. The Morgan fingerprint density at radius 1 is 1.61 bits per heavy atom. The van der Waals surface area contributed by atoms with Crippen LogP contribution in [0.4, 0.5) is 10.1 Å². The summed E-state index contributed by atoms with van der Waals surface area (Å²) in [5.41, 5.74) is 5.64. The zero-order chi connectivity index (χ0) is 13.5. The van der Waals surface area contributed by atoms with Crippen LogP contribution in [0.3, 0.4) is 0 Å². The minimum absolute atomic E-state index is 0.0571. The van der Waals surface area contributed by atoms with E-state index in [1.807, 2.05) is 6.92 Å². The van der Waals surface area contributed by atoms with E-state index in [-0.39, 0.29) is 23.2 Å². The first-order chi connectivity index (χ1) is 8.54. The number of carbonyl (C=O) groups excluding carboxylic acids is 1. The lowest BCUT2D eigenvalue weighted by molar-refractivity contribution is -0.116.